The highest BCUT2D eigenvalue weighted by atomic mass is 16.5. The SMILES string of the molecule is COc1cccc(C(c2ccnc3ccccc23)N2CCC(C(=O)O)CC2)c1OC. The van der Waals surface area contributed by atoms with Gasteiger partial charge in [-0.25, -0.2) is 0 Å². The number of nitrogens with zero attached hydrogens (tertiary/aromatic N) is 2. The highest BCUT2D eigenvalue weighted by Crippen LogP contribution is 2.42. The summed E-state index contributed by atoms with van der Waals surface area (Å²) in [7, 11) is 3.29. The first-order chi connectivity index (χ1) is 14.6. The number of hydrogen-bond donors (Lipinski definition) is 1. The predicted octanol–water partition coefficient (Wildman–Crippen LogP) is 4.14. The van der Waals surface area contributed by atoms with Crippen molar-refractivity contribution in [3.8, 4) is 11.5 Å². The first kappa shape index (κ1) is 20.2. The summed E-state index contributed by atoms with van der Waals surface area (Å²) >= 11 is 0. The second-order valence-electron chi connectivity index (χ2n) is 7.55. The fraction of sp³-hybridized carbons (Fsp3) is 0.333. The highest BCUT2D eigenvalue weighted by molar-refractivity contribution is 5.83. The van der Waals surface area contributed by atoms with Crippen molar-refractivity contribution in [2.24, 2.45) is 5.92 Å². The van der Waals surface area contributed by atoms with Crippen LogP contribution in [-0.4, -0.2) is 48.3 Å². The van der Waals surface area contributed by atoms with Gasteiger partial charge in [0.25, 0.3) is 0 Å². The molecule has 3 aromatic rings. The molecule has 6 nitrogen and oxygen atoms in total. The molecule has 30 heavy (non-hydrogen) atoms. The molecule has 0 radical (unpaired) electrons. The van der Waals surface area contributed by atoms with Crippen molar-refractivity contribution in [1.82, 2.24) is 9.88 Å². The monoisotopic (exact) mass is 406 g/mol. The van der Waals surface area contributed by atoms with Crippen LogP contribution in [0.4, 0.5) is 0 Å². The van der Waals surface area contributed by atoms with Crippen LogP contribution in [0.25, 0.3) is 10.9 Å². The Balaban J connectivity index is 1.85. The van der Waals surface area contributed by atoms with Gasteiger partial charge in [0.2, 0.25) is 0 Å². The number of methoxy groups -OCH3 is 2. The Kier molecular flexibility index (Phi) is 5.86. The lowest BCUT2D eigenvalue weighted by atomic mass is 9.89. The molecule has 0 aliphatic carbocycles. The average molecular weight is 406 g/mol. The van der Waals surface area contributed by atoms with E-state index in [1.165, 1.54) is 0 Å². The lowest BCUT2D eigenvalue weighted by Crippen LogP contribution is -2.39. The van der Waals surface area contributed by atoms with Crippen LogP contribution in [0.15, 0.2) is 54.7 Å². The minimum atomic E-state index is -0.709. The number of ether oxygens (including phenoxy) is 2. The number of fused-ring (bicyclic) bond motifs is 1. The summed E-state index contributed by atoms with van der Waals surface area (Å²) in [5, 5.41) is 10.5. The Bertz CT molecular complexity index is 1040. The van der Waals surface area contributed by atoms with Crippen LogP contribution in [0.2, 0.25) is 0 Å². The topological polar surface area (TPSA) is 71.9 Å². The van der Waals surface area contributed by atoms with Crippen LogP contribution >= 0.6 is 0 Å². The summed E-state index contributed by atoms with van der Waals surface area (Å²) in [6.07, 6.45) is 3.09. The maximum atomic E-state index is 11.5. The number of para-hydroxylation sites is 2. The van der Waals surface area contributed by atoms with Crippen molar-refractivity contribution in [1.29, 1.82) is 0 Å². The molecule has 4 rings (SSSR count). The molecule has 6 heteroatoms. The van der Waals surface area contributed by atoms with Crippen molar-refractivity contribution < 1.29 is 19.4 Å². The van der Waals surface area contributed by atoms with Gasteiger partial charge in [0, 0.05) is 17.1 Å². The molecule has 1 aliphatic rings. The third kappa shape index (κ3) is 3.71. The Morgan fingerprint density at radius 3 is 2.50 bits per heavy atom. The summed E-state index contributed by atoms with van der Waals surface area (Å²) in [5.74, 6) is 0.382. The molecule has 1 fully saturated rings. The zero-order valence-electron chi connectivity index (χ0n) is 17.2. The van der Waals surface area contributed by atoms with Crippen LogP contribution in [0.3, 0.4) is 0 Å². The maximum absolute atomic E-state index is 11.5. The van der Waals surface area contributed by atoms with Gasteiger partial charge in [0.15, 0.2) is 11.5 Å². The van der Waals surface area contributed by atoms with E-state index in [4.69, 9.17) is 9.47 Å². The molecule has 0 bridgehead atoms. The number of hydrogen-bond acceptors (Lipinski definition) is 5. The van der Waals surface area contributed by atoms with Crippen LogP contribution in [0, 0.1) is 5.92 Å². The Labute approximate surface area is 176 Å². The second kappa shape index (κ2) is 8.71. The number of rotatable bonds is 6. The molecule has 2 aromatic carbocycles. The Hall–Kier alpha value is -3.12. The van der Waals surface area contributed by atoms with Gasteiger partial charge in [0.05, 0.1) is 31.7 Å². The second-order valence-corrected chi connectivity index (χ2v) is 7.55. The quantitative estimate of drug-likeness (QED) is 0.663. The molecule has 1 saturated heterocycles. The minimum Gasteiger partial charge on any atom is -0.493 e. The Morgan fingerprint density at radius 1 is 1.03 bits per heavy atom. The molecular formula is C24H26N2O4. The number of carboxylic acid groups (broad SMARTS) is 1. The van der Waals surface area contributed by atoms with Crippen molar-refractivity contribution in [2.75, 3.05) is 27.3 Å². The number of piperidine rings is 1. The number of pyridine rings is 1. The zero-order chi connectivity index (χ0) is 21.1. The molecule has 1 unspecified atom stereocenters. The fourth-order valence-corrected chi connectivity index (χ4v) is 4.45. The van der Waals surface area contributed by atoms with Gasteiger partial charge in [-0.1, -0.05) is 30.3 Å². The number of carbonyl (C=O) groups is 1. The third-order valence-corrected chi connectivity index (χ3v) is 5.95. The average Bonchev–Trinajstić information content (AvgIpc) is 2.79. The lowest BCUT2D eigenvalue weighted by Gasteiger charge is -2.38. The van der Waals surface area contributed by atoms with Gasteiger partial charge < -0.3 is 14.6 Å². The summed E-state index contributed by atoms with van der Waals surface area (Å²) < 4.78 is 11.3. The first-order valence-corrected chi connectivity index (χ1v) is 10.2. The summed E-state index contributed by atoms with van der Waals surface area (Å²) in [4.78, 5) is 18.3. The standard InChI is InChI=1S/C24H26N2O4/c1-29-21-9-5-7-19(23(21)30-2)22(26-14-11-16(12-15-26)24(27)28)18-10-13-25-20-8-4-3-6-17(18)20/h3-10,13,16,22H,11-12,14-15H2,1-2H3,(H,27,28). The van der Waals surface area contributed by atoms with Crippen LogP contribution in [0.1, 0.15) is 30.0 Å². The first-order valence-electron chi connectivity index (χ1n) is 10.2. The number of aromatic nitrogens is 1. The lowest BCUT2D eigenvalue weighted by molar-refractivity contribution is -0.143. The molecular weight excluding hydrogens is 380 g/mol. The summed E-state index contributed by atoms with van der Waals surface area (Å²) in [5.41, 5.74) is 3.06. The molecule has 1 atom stereocenters. The normalized spacial score (nSPS) is 16.3. The molecule has 1 aliphatic heterocycles. The van der Waals surface area contributed by atoms with Crippen molar-refractivity contribution in [3.63, 3.8) is 0 Å². The van der Waals surface area contributed by atoms with Gasteiger partial charge in [-0.15, -0.1) is 0 Å². The van der Waals surface area contributed by atoms with E-state index in [0.29, 0.717) is 37.4 Å². The van der Waals surface area contributed by atoms with Gasteiger partial charge in [-0.2, -0.15) is 0 Å². The molecule has 0 amide bonds. The van der Waals surface area contributed by atoms with E-state index < -0.39 is 5.97 Å². The van der Waals surface area contributed by atoms with Crippen molar-refractivity contribution >= 4 is 16.9 Å². The predicted molar refractivity (Wildman–Crippen MR) is 115 cm³/mol. The van der Waals surface area contributed by atoms with E-state index in [2.05, 4.69) is 28.1 Å². The van der Waals surface area contributed by atoms with E-state index in [1.54, 1.807) is 14.2 Å². The van der Waals surface area contributed by atoms with E-state index in [-0.39, 0.29) is 12.0 Å². The van der Waals surface area contributed by atoms with Crippen LogP contribution < -0.4 is 9.47 Å². The van der Waals surface area contributed by atoms with Crippen molar-refractivity contribution in [3.05, 3.63) is 65.9 Å². The molecule has 156 valence electrons. The summed E-state index contributed by atoms with van der Waals surface area (Å²) in [6.45, 7) is 1.39. The van der Waals surface area contributed by atoms with Crippen molar-refractivity contribution in [2.45, 2.75) is 18.9 Å². The van der Waals surface area contributed by atoms with E-state index in [1.807, 2.05) is 36.5 Å². The zero-order valence-corrected chi connectivity index (χ0v) is 17.2. The number of likely N-dealkylation sites (tertiary alicyclic amines) is 1. The molecule has 1 aromatic heterocycles. The fourth-order valence-electron chi connectivity index (χ4n) is 4.45. The van der Waals surface area contributed by atoms with Crippen LogP contribution in [-0.2, 0) is 4.79 Å². The molecule has 1 N–H and O–H groups in total. The van der Waals surface area contributed by atoms with Crippen LogP contribution in [0.5, 0.6) is 11.5 Å². The summed E-state index contributed by atoms with van der Waals surface area (Å²) in [6, 6.07) is 16.0. The smallest absolute Gasteiger partial charge is 0.306 e. The van der Waals surface area contributed by atoms with Gasteiger partial charge in [-0.05, 0) is 49.7 Å². The number of benzene rings is 2. The molecule has 0 spiro atoms. The van der Waals surface area contributed by atoms with E-state index in [9.17, 15) is 9.90 Å². The number of carboxylic acids is 1. The molecule has 0 saturated carbocycles. The Morgan fingerprint density at radius 2 is 1.80 bits per heavy atom. The number of aliphatic carboxylic acids is 1. The van der Waals surface area contributed by atoms with E-state index >= 15 is 0 Å². The third-order valence-electron chi connectivity index (χ3n) is 5.95. The molecule has 2 heterocycles. The largest absolute Gasteiger partial charge is 0.493 e. The minimum absolute atomic E-state index is 0.0994. The van der Waals surface area contributed by atoms with E-state index in [0.717, 1.165) is 22.0 Å². The maximum Gasteiger partial charge on any atom is 0.306 e. The van der Waals surface area contributed by atoms with Gasteiger partial charge in [-0.3, -0.25) is 14.7 Å². The van der Waals surface area contributed by atoms with Gasteiger partial charge in [0.1, 0.15) is 0 Å². The highest BCUT2D eigenvalue weighted by Gasteiger charge is 2.33. The van der Waals surface area contributed by atoms with Gasteiger partial charge >= 0.3 is 5.97 Å².